The molecule has 1 unspecified atom stereocenters. The molecule has 2 aromatic rings. The predicted molar refractivity (Wildman–Crippen MR) is 117 cm³/mol. The fourth-order valence-electron chi connectivity index (χ4n) is 4.16. The summed E-state index contributed by atoms with van der Waals surface area (Å²) in [7, 11) is 0. The van der Waals surface area contributed by atoms with Crippen molar-refractivity contribution < 1.29 is 19.0 Å². The molecule has 0 saturated carbocycles. The molecule has 2 heterocycles. The largest absolute Gasteiger partial charge is 0.492 e. The lowest BCUT2D eigenvalue weighted by Gasteiger charge is -2.38. The van der Waals surface area contributed by atoms with Crippen molar-refractivity contribution in [2.75, 3.05) is 19.7 Å². The molecule has 2 bridgehead atoms. The van der Waals surface area contributed by atoms with Crippen LogP contribution in [0.5, 0.6) is 5.75 Å². The van der Waals surface area contributed by atoms with E-state index < -0.39 is 5.97 Å². The summed E-state index contributed by atoms with van der Waals surface area (Å²) in [5.74, 6) is -0.671. The molecule has 0 aliphatic carbocycles. The fraction of sp³-hybridized carbons (Fsp3) is 0.348. The number of carboxylic acids is 1. The second-order valence-corrected chi connectivity index (χ2v) is 8.55. The number of halogens is 2. The number of fused-ring (bicyclic) bond motifs is 2. The number of hydrogen-bond acceptors (Lipinski definition) is 4. The standard InChI is InChI=1S/C23H24BrFN2O3/c24-19-8-7-16(25)10-21(19)30-9-1-2-14-3-5-15(6-4-14)18-11-17-12-26-13-20(27-17)22(18)23(28)29/h3-8,10,17,20,26-27H,1-2,9,11-13H2,(H,28,29)/t17?,20-/m1/s1. The minimum absolute atomic E-state index is 0.149. The molecule has 0 amide bonds. The first-order valence-corrected chi connectivity index (χ1v) is 10.9. The van der Waals surface area contributed by atoms with E-state index in [9.17, 15) is 14.3 Å². The Balaban J connectivity index is 1.39. The van der Waals surface area contributed by atoms with Crippen molar-refractivity contribution >= 4 is 27.5 Å². The highest BCUT2D eigenvalue weighted by Crippen LogP contribution is 2.32. The third kappa shape index (κ3) is 4.74. The van der Waals surface area contributed by atoms with Crippen LogP contribution in [0.1, 0.15) is 24.0 Å². The summed E-state index contributed by atoms with van der Waals surface area (Å²) in [6, 6.07) is 12.6. The number of benzene rings is 2. The number of aliphatic carboxylic acids is 1. The highest BCUT2D eigenvalue weighted by Gasteiger charge is 2.35. The summed E-state index contributed by atoms with van der Waals surface area (Å²) in [6.45, 7) is 1.98. The molecule has 1 saturated heterocycles. The normalized spacial score (nSPS) is 20.9. The first kappa shape index (κ1) is 21.0. The quantitative estimate of drug-likeness (QED) is 0.532. The average molecular weight is 475 g/mol. The second-order valence-electron chi connectivity index (χ2n) is 7.70. The summed E-state index contributed by atoms with van der Waals surface area (Å²) in [5.41, 5.74) is 3.55. The molecule has 4 rings (SSSR count). The third-order valence-corrected chi connectivity index (χ3v) is 6.25. The Morgan fingerprint density at radius 1 is 1.20 bits per heavy atom. The van der Waals surface area contributed by atoms with Crippen LogP contribution < -0.4 is 15.4 Å². The van der Waals surface area contributed by atoms with Crippen molar-refractivity contribution in [3.8, 4) is 5.75 Å². The molecule has 5 nitrogen and oxygen atoms in total. The molecular formula is C23H24BrFN2O3. The van der Waals surface area contributed by atoms with Crippen molar-refractivity contribution in [1.29, 1.82) is 0 Å². The third-order valence-electron chi connectivity index (χ3n) is 5.59. The summed E-state index contributed by atoms with van der Waals surface area (Å²) in [4.78, 5) is 11.9. The minimum Gasteiger partial charge on any atom is -0.492 e. The first-order valence-electron chi connectivity index (χ1n) is 10.1. The van der Waals surface area contributed by atoms with Gasteiger partial charge in [0, 0.05) is 25.2 Å². The van der Waals surface area contributed by atoms with Crippen LogP contribution in [-0.4, -0.2) is 42.9 Å². The van der Waals surface area contributed by atoms with E-state index in [1.807, 2.05) is 12.1 Å². The van der Waals surface area contributed by atoms with Crippen LogP contribution in [0.2, 0.25) is 0 Å². The van der Waals surface area contributed by atoms with Gasteiger partial charge < -0.3 is 20.5 Å². The molecule has 0 aromatic heterocycles. The number of piperazine rings is 1. The Labute approximate surface area is 183 Å². The maximum absolute atomic E-state index is 13.3. The van der Waals surface area contributed by atoms with E-state index in [4.69, 9.17) is 4.74 Å². The van der Waals surface area contributed by atoms with Crippen molar-refractivity contribution in [3.63, 3.8) is 0 Å². The number of hydrogen-bond donors (Lipinski definition) is 3. The van der Waals surface area contributed by atoms with E-state index in [1.54, 1.807) is 6.07 Å². The van der Waals surface area contributed by atoms with E-state index in [0.717, 1.165) is 40.6 Å². The van der Waals surface area contributed by atoms with Crippen molar-refractivity contribution in [3.05, 3.63) is 69.5 Å². The molecule has 1 fully saturated rings. The van der Waals surface area contributed by atoms with Gasteiger partial charge in [0.2, 0.25) is 0 Å². The van der Waals surface area contributed by atoms with Crippen LogP contribution >= 0.6 is 15.9 Å². The molecule has 0 radical (unpaired) electrons. The van der Waals surface area contributed by atoms with Crippen LogP contribution in [-0.2, 0) is 11.2 Å². The van der Waals surface area contributed by atoms with Gasteiger partial charge in [-0.05, 0) is 64.0 Å². The van der Waals surface area contributed by atoms with Gasteiger partial charge in [-0.3, -0.25) is 0 Å². The van der Waals surface area contributed by atoms with Gasteiger partial charge in [-0.1, -0.05) is 24.3 Å². The minimum atomic E-state index is -0.852. The van der Waals surface area contributed by atoms with Gasteiger partial charge >= 0.3 is 5.97 Å². The number of carboxylic acid groups (broad SMARTS) is 1. The zero-order valence-corrected chi connectivity index (χ0v) is 18.0. The second kappa shape index (κ2) is 9.29. The maximum atomic E-state index is 13.3. The van der Waals surface area contributed by atoms with E-state index in [0.29, 0.717) is 30.9 Å². The SMILES string of the molecule is O=C(O)C1=C(c2ccc(CCCOc3cc(F)ccc3Br)cc2)CC2CNC[C@H]1N2. The van der Waals surface area contributed by atoms with Crippen LogP contribution in [0.15, 0.2) is 52.5 Å². The Bertz CT molecular complexity index is 961. The number of rotatable bonds is 7. The van der Waals surface area contributed by atoms with Crippen molar-refractivity contribution in [1.82, 2.24) is 10.6 Å². The lowest BCUT2D eigenvalue weighted by atomic mass is 9.84. The van der Waals surface area contributed by atoms with Gasteiger partial charge in [0.25, 0.3) is 0 Å². The van der Waals surface area contributed by atoms with Crippen LogP contribution in [0.3, 0.4) is 0 Å². The monoisotopic (exact) mass is 474 g/mol. The fourth-order valence-corrected chi connectivity index (χ4v) is 4.52. The van der Waals surface area contributed by atoms with Crippen LogP contribution in [0.4, 0.5) is 4.39 Å². The molecule has 2 aliphatic rings. The first-order chi connectivity index (χ1) is 14.5. The van der Waals surface area contributed by atoms with Gasteiger partial charge in [-0.15, -0.1) is 0 Å². The Kier molecular flexibility index (Phi) is 6.51. The maximum Gasteiger partial charge on any atom is 0.333 e. The van der Waals surface area contributed by atoms with Gasteiger partial charge in [-0.25, -0.2) is 9.18 Å². The van der Waals surface area contributed by atoms with E-state index in [2.05, 4.69) is 38.7 Å². The van der Waals surface area contributed by atoms with Gasteiger partial charge in [-0.2, -0.15) is 0 Å². The molecule has 0 spiro atoms. The summed E-state index contributed by atoms with van der Waals surface area (Å²) < 4.78 is 19.7. The molecular weight excluding hydrogens is 451 g/mol. The zero-order chi connectivity index (χ0) is 21.1. The van der Waals surface area contributed by atoms with Crippen molar-refractivity contribution in [2.24, 2.45) is 0 Å². The zero-order valence-electron chi connectivity index (χ0n) is 16.5. The number of nitrogens with one attached hydrogen (secondary N) is 2. The lowest BCUT2D eigenvalue weighted by molar-refractivity contribution is -0.133. The molecule has 30 heavy (non-hydrogen) atoms. The Morgan fingerprint density at radius 2 is 2.00 bits per heavy atom. The van der Waals surface area contributed by atoms with Crippen molar-refractivity contribution in [2.45, 2.75) is 31.3 Å². The van der Waals surface area contributed by atoms with E-state index in [-0.39, 0.29) is 17.9 Å². The van der Waals surface area contributed by atoms with E-state index in [1.165, 1.54) is 12.1 Å². The number of ether oxygens (including phenoxy) is 1. The summed E-state index contributed by atoms with van der Waals surface area (Å²) in [5, 5.41) is 16.5. The Morgan fingerprint density at radius 3 is 2.77 bits per heavy atom. The molecule has 7 heteroatoms. The van der Waals surface area contributed by atoms with Gasteiger partial charge in [0.05, 0.1) is 22.7 Å². The van der Waals surface area contributed by atoms with Crippen LogP contribution in [0, 0.1) is 5.82 Å². The lowest BCUT2D eigenvalue weighted by Crippen LogP contribution is -2.58. The average Bonchev–Trinajstić information content (AvgIpc) is 2.73. The van der Waals surface area contributed by atoms with Gasteiger partial charge in [0.1, 0.15) is 11.6 Å². The molecule has 2 aromatic carbocycles. The summed E-state index contributed by atoms with van der Waals surface area (Å²) in [6.07, 6.45) is 2.33. The van der Waals surface area contributed by atoms with E-state index >= 15 is 0 Å². The topological polar surface area (TPSA) is 70.6 Å². The van der Waals surface area contributed by atoms with Crippen LogP contribution in [0.25, 0.3) is 5.57 Å². The Hall–Kier alpha value is -2.22. The molecule has 158 valence electrons. The number of aryl methyl sites for hydroxylation is 1. The summed E-state index contributed by atoms with van der Waals surface area (Å²) >= 11 is 3.36. The molecule has 3 N–H and O–H groups in total. The highest BCUT2D eigenvalue weighted by molar-refractivity contribution is 9.10. The number of carbonyl (C=O) groups is 1. The molecule has 2 aliphatic heterocycles. The van der Waals surface area contributed by atoms with Gasteiger partial charge in [0.15, 0.2) is 0 Å². The smallest absolute Gasteiger partial charge is 0.333 e. The highest BCUT2D eigenvalue weighted by atomic mass is 79.9. The molecule has 2 atom stereocenters. The predicted octanol–water partition coefficient (Wildman–Crippen LogP) is 3.77.